The minimum Gasteiger partial charge on any atom is -0.355 e. The summed E-state index contributed by atoms with van der Waals surface area (Å²) < 4.78 is 24.4. The maximum absolute atomic E-state index is 11.9. The normalized spacial score (nSPS) is 17.1. The van der Waals surface area contributed by atoms with Crippen molar-refractivity contribution >= 4 is 27.5 Å². The number of piperazine rings is 1. The third-order valence-corrected chi connectivity index (χ3v) is 5.53. The van der Waals surface area contributed by atoms with E-state index in [1.807, 2.05) is 18.2 Å². The molecule has 0 radical (unpaired) electrons. The Balaban J connectivity index is 1.68. The quantitative estimate of drug-likeness (QED) is 0.806. The van der Waals surface area contributed by atoms with Crippen LogP contribution < -0.4 is 5.32 Å². The van der Waals surface area contributed by atoms with Gasteiger partial charge in [0.15, 0.2) is 0 Å². The molecule has 1 aliphatic heterocycles. The molecule has 0 aliphatic carbocycles. The van der Waals surface area contributed by atoms with E-state index in [-0.39, 0.29) is 12.3 Å². The molecule has 1 aromatic rings. The number of nitrogens with zero attached hydrogens (tertiary/aromatic N) is 2. The minimum atomic E-state index is -3.10. The van der Waals surface area contributed by atoms with Gasteiger partial charge in [-0.15, -0.1) is 0 Å². The first-order chi connectivity index (χ1) is 10.9. The molecule has 0 atom stereocenters. The molecule has 1 N–H and O–H groups in total. The first-order valence-corrected chi connectivity index (χ1v) is 9.76. The molecule has 1 amide bonds. The highest BCUT2D eigenvalue weighted by atomic mass is 35.5. The molecule has 1 aliphatic rings. The highest BCUT2D eigenvalue weighted by Crippen LogP contribution is 2.15. The second-order valence-corrected chi connectivity index (χ2v) is 8.01. The van der Waals surface area contributed by atoms with Crippen LogP contribution >= 0.6 is 11.6 Å². The summed E-state index contributed by atoms with van der Waals surface area (Å²) in [7, 11) is -3.10. The zero-order valence-electron chi connectivity index (χ0n) is 13.2. The molecule has 1 aromatic carbocycles. The third kappa shape index (κ3) is 5.76. The monoisotopic (exact) mass is 359 g/mol. The van der Waals surface area contributed by atoms with Crippen LogP contribution in [0, 0.1) is 0 Å². The SMILES string of the molecule is CS(=O)(=O)N1CCN(CCNC(=O)Cc2ccccc2Cl)CC1. The van der Waals surface area contributed by atoms with Crippen LogP contribution in [-0.2, 0) is 21.2 Å². The van der Waals surface area contributed by atoms with Crippen LogP contribution in [0.5, 0.6) is 0 Å². The van der Waals surface area contributed by atoms with Crippen molar-refractivity contribution in [3.8, 4) is 0 Å². The standard InChI is InChI=1S/C15H22ClN3O3S/c1-23(21,22)19-10-8-18(9-11-19)7-6-17-15(20)12-13-4-2-3-5-14(13)16/h2-5H,6-12H2,1H3,(H,17,20). The Morgan fingerprint density at radius 2 is 1.87 bits per heavy atom. The Morgan fingerprint density at radius 1 is 1.22 bits per heavy atom. The average Bonchev–Trinajstić information content (AvgIpc) is 2.49. The number of rotatable bonds is 6. The van der Waals surface area contributed by atoms with Gasteiger partial charge >= 0.3 is 0 Å². The maximum atomic E-state index is 11.9. The van der Waals surface area contributed by atoms with E-state index in [2.05, 4.69) is 10.2 Å². The van der Waals surface area contributed by atoms with Gasteiger partial charge < -0.3 is 5.32 Å². The van der Waals surface area contributed by atoms with Crippen LogP contribution in [0.2, 0.25) is 5.02 Å². The second-order valence-electron chi connectivity index (χ2n) is 5.62. The third-order valence-electron chi connectivity index (χ3n) is 3.86. The van der Waals surface area contributed by atoms with Gasteiger partial charge in [0.25, 0.3) is 0 Å². The van der Waals surface area contributed by atoms with Crippen LogP contribution in [0.25, 0.3) is 0 Å². The Kier molecular flexibility index (Phi) is 6.41. The molecule has 1 saturated heterocycles. The number of halogens is 1. The average molecular weight is 360 g/mol. The zero-order chi connectivity index (χ0) is 16.9. The number of carbonyl (C=O) groups is 1. The lowest BCUT2D eigenvalue weighted by molar-refractivity contribution is -0.120. The molecule has 0 saturated carbocycles. The molecule has 1 heterocycles. The molecular weight excluding hydrogens is 338 g/mol. The van der Waals surface area contributed by atoms with E-state index < -0.39 is 10.0 Å². The van der Waals surface area contributed by atoms with E-state index in [0.717, 1.165) is 5.56 Å². The smallest absolute Gasteiger partial charge is 0.224 e. The van der Waals surface area contributed by atoms with E-state index in [0.29, 0.717) is 44.3 Å². The first kappa shape index (κ1) is 18.2. The summed E-state index contributed by atoms with van der Waals surface area (Å²) in [4.78, 5) is 14.1. The molecule has 2 rings (SSSR count). The number of sulfonamides is 1. The number of hydrogen-bond acceptors (Lipinski definition) is 4. The van der Waals surface area contributed by atoms with Gasteiger partial charge in [-0.05, 0) is 11.6 Å². The fourth-order valence-corrected chi connectivity index (χ4v) is 3.54. The number of benzene rings is 1. The molecule has 8 heteroatoms. The first-order valence-electron chi connectivity index (χ1n) is 7.54. The lowest BCUT2D eigenvalue weighted by atomic mass is 10.1. The zero-order valence-corrected chi connectivity index (χ0v) is 14.7. The number of nitrogens with one attached hydrogen (secondary N) is 1. The van der Waals surface area contributed by atoms with Crippen molar-refractivity contribution in [3.63, 3.8) is 0 Å². The number of hydrogen-bond donors (Lipinski definition) is 1. The predicted molar refractivity (Wildman–Crippen MR) is 91.0 cm³/mol. The van der Waals surface area contributed by atoms with E-state index >= 15 is 0 Å². The summed E-state index contributed by atoms with van der Waals surface area (Å²) in [5, 5.41) is 3.47. The van der Waals surface area contributed by atoms with Crippen LogP contribution in [0.15, 0.2) is 24.3 Å². The molecule has 0 spiro atoms. The highest BCUT2D eigenvalue weighted by molar-refractivity contribution is 7.88. The lowest BCUT2D eigenvalue weighted by Gasteiger charge is -2.33. The summed E-state index contributed by atoms with van der Waals surface area (Å²) in [6.45, 7) is 3.65. The highest BCUT2D eigenvalue weighted by Gasteiger charge is 2.22. The molecule has 0 bridgehead atoms. The van der Waals surface area contributed by atoms with Crippen molar-refractivity contribution < 1.29 is 13.2 Å². The topological polar surface area (TPSA) is 69.7 Å². The molecule has 0 aromatic heterocycles. The van der Waals surface area contributed by atoms with E-state index in [1.54, 1.807) is 6.07 Å². The largest absolute Gasteiger partial charge is 0.355 e. The van der Waals surface area contributed by atoms with Gasteiger partial charge in [-0.2, -0.15) is 4.31 Å². The Bertz CT molecular complexity index is 643. The van der Waals surface area contributed by atoms with E-state index in [1.165, 1.54) is 10.6 Å². The lowest BCUT2D eigenvalue weighted by Crippen LogP contribution is -2.49. The summed E-state index contributed by atoms with van der Waals surface area (Å²) in [6.07, 6.45) is 1.50. The van der Waals surface area contributed by atoms with E-state index in [9.17, 15) is 13.2 Å². The van der Waals surface area contributed by atoms with Gasteiger partial charge in [-0.25, -0.2) is 8.42 Å². The fraction of sp³-hybridized carbons (Fsp3) is 0.533. The number of amides is 1. The molecular formula is C15H22ClN3O3S. The molecule has 6 nitrogen and oxygen atoms in total. The van der Waals surface area contributed by atoms with Gasteiger partial charge in [-0.3, -0.25) is 9.69 Å². The van der Waals surface area contributed by atoms with Crippen molar-refractivity contribution in [3.05, 3.63) is 34.9 Å². The van der Waals surface area contributed by atoms with Crippen molar-refractivity contribution in [2.24, 2.45) is 0 Å². The van der Waals surface area contributed by atoms with Crippen LogP contribution in [0.4, 0.5) is 0 Å². The van der Waals surface area contributed by atoms with Crippen molar-refractivity contribution in [2.75, 3.05) is 45.5 Å². The molecule has 1 fully saturated rings. The van der Waals surface area contributed by atoms with Gasteiger partial charge in [0.05, 0.1) is 12.7 Å². The van der Waals surface area contributed by atoms with Crippen molar-refractivity contribution in [2.45, 2.75) is 6.42 Å². The summed E-state index contributed by atoms with van der Waals surface area (Å²) in [6, 6.07) is 7.30. The minimum absolute atomic E-state index is 0.0622. The van der Waals surface area contributed by atoms with E-state index in [4.69, 9.17) is 11.6 Å². The summed E-state index contributed by atoms with van der Waals surface area (Å²) >= 11 is 6.03. The molecule has 23 heavy (non-hydrogen) atoms. The molecule has 0 unspecified atom stereocenters. The maximum Gasteiger partial charge on any atom is 0.224 e. The predicted octanol–water partition coefficient (Wildman–Crippen LogP) is 0.576. The Hall–Kier alpha value is -1.15. The van der Waals surface area contributed by atoms with Gasteiger partial charge in [-0.1, -0.05) is 29.8 Å². The van der Waals surface area contributed by atoms with Gasteiger partial charge in [0.2, 0.25) is 15.9 Å². The number of carbonyl (C=O) groups excluding carboxylic acids is 1. The Labute approximate surface area is 142 Å². The van der Waals surface area contributed by atoms with Crippen LogP contribution in [0.3, 0.4) is 0 Å². The van der Waals surface area contributed by atoms with Gasteiger partial charge in [0, 0.05) is 44.3 Å². The summed E-state index contributed by atoms with van der Waals surface area (Å²) in [5.74, 6) is -0.0622. The van der Waals surface area contributed by atoms with Crippen LogP contribution in [-0.4, -0.2) is 69.1 Å². The second kappa shape index (κ2) is 8.10. The van der Waals surface area contributed by atoms with Crippen LogP contribution in [0.1, 0.15) is 5.56 Å². The fourth-order valence-electron chi connectivity index (χ4n) is 2.52. The van der Waals surface area contributed by atoms with Crippen molar-refractivity contribution in [1.82, 2.24) is 14.5 Å². The summed E-state index contributed by atoms with van der Waals surface area (Å²) in [5.41, 5.74) is 0.813. The van der Waals surface area contributed by atoms with Gasteiger partial charge in [0.1, 0.15) is 0 Å². The van der Waals surface area contributed by atoms with Crippen molar-refractivity contribution in [1.29, 1.82) is 0 Å². The molecule has 128 valence electrons. The Morgan fingerprint density at radius 3 is 2.48 bits per heavy atom.